The van der Waals surface area contributed by atoms with E-state index in [9.17, 15) is 4.79 Å². The van der Waals surface area contributed by atoms with Crippen LogP contribution >= 0.6 is 0 Å². The van der Waals surface area contributed by atoms with E-state index in [2.05, 4.69) is 38.1 Å². The van der Waals surface area contributed by atoms with E-state index in [1.54, 1.807) is 5.57 Å². The van der Waals surface area contributed by atoms with Gasteiger partial charge in [0.05, 0.1) is 24.5 Å². The summed E-state index contributed by atoms with van der Waals surface area (Å²) in [5, 5.41) is 12.1. The Balaban J connectivity index is 1.62. The first-order valence-corrected chi connectivity index (χ1v) is 13.2. The lowest BCUT2D eigenvalue weighted by atomic mass is 9.51. The van der Waals surface area contributed by atoms with Crippen LogP contribution in [-0.2, 0) is 14.3 Å². The highest BCUT2D eigenvalue weighted by atomic mass is 16.5. The van der Waals surface area contributed by atoms with E-state index < -0.39 is 0 Å². The molecule has 1 aromatic rings. The monoisotopic (exact) mass is 477 g/mol. The second-order valence-corrected chi connectivity index (χ2v) is 11.5. The molecule has 188 valence electrons. The minimum atomic E-state index is -0.293. The number of fused-ring (bicyclic) bond motifs is 4. The average molecular weight is 478 g/mol. The predicted octanol–water partition coefficient (Wildman–Crippen LogP) is 6.20. The van der Waals surface area contributed by atoms with Gasteiger partial charge in [-0.25, -0.2) is 0 Å². The molecule has 0 heterocycles. The van der Waals surface area contributed by atoms with Crippen molar-refractivity contribution in [3.63, 3.8) is 0 Å². The Morgan fingerprint density at radius 1 is 1.17 bits per heavy atom. The second kappa shape index (κ2) is 9.33. The number of oxime groups is 1. The Kier molecular flexibility index (Phi) is 6.52. The Hall–Kier alpha value is -2.24. The molecule has 5 rings (SSSR count). The highest BCUT2D eigenvalue weighted by molar-refractivity contribution is 5.93. The maximum Gasteiger partial charge on any atom is 0.156 e. The van der Waals surface area contributed by atoms with Gasteiger partial charge in [0.1, 0.15) is 0 Å². The van der Waals surface area contributed by atoms with Gasteiger partial charge >= 0.3 is 0 Å². The molecule has 35 heavy (non-hydrogen) atoms. The minimum absolute atomic E-state index is 0.00698. The maximum atomic E-state index is 12.3. The predicted molar refractivity (Wildman–Crippen MR) is 137 cm³/mol. The molecule has 0 saturated heterocycles. The van der Waals surface area contributed by atoms with Gasteiger partial charge in [-0.1, -0.05) is 41.9 Å². The summed E-state index contributed by atoms with van der Waals surface area (Å²) >= 11 is 0. The average Bonchev–Trinajstić information content (AvgIpc) is 3.14. The van der Waals surface area contributed by atoms with Crippen molar-refractivity contribution in [2.24, 2.45) is 22.4 Å². The molecular weight excluding hydrogens is 438 g/mol. The van der Waals surface area contributed by atoms with Crippen LogP contribution in [0.5, 0.6) is 0 Å². The molecule has 2 fully saturated rings. The van der Waals surface area contributed by atoms with Gasteiger partial charge in [-0.2, -0.15) is 0 Å². The zero-order chi connectivity index (χ0) is 24.8. The van der Waals surface area contributed by atoms with Crippen LogP contribution in [-0.4, -0.2) is 42.6 Å². The minimum Gasteiger partial charge on any atom is -0.411 e. The summed E-state index contributed by atoms with van der Waals surface area (Å²) in [4.78, 5) is 12.3. The topological polar surface area (TPSA) is 68.1 Å². The third-order valence-corrected chi connectivity index (χ3v) is 9.61. The standard InChI is InChI=1S/C30H39NO4/c1-19(2)35-18-30(34-4)14-13-27-25-11-9-22-15-23(32)10-12-24(22)28(25)26(16-29(27,30)3)21-7-5-20(6-8-21)17-31-33/h5-8,15,17,19,25-27,33H,9-14,16,18H2,1-4H3/b31-17+/t25?,26-,27?,29?,30-/m1/s1. The van der Waals surface area contributed by atoms with Gasteiger partial charge in [0.25, 0.3) is 0 Å². The van der Waals surface area contributed by atoms with Crippen molar-refractivity contribution >= 4 is 12.0 Å². The molecule has 0 amide bonds. The summed E-state index contributed by atoms with van der Waals surface area (Å²) in [6.45, 7) is 7.28. The van der Waals surface area contributed by atoms with E-state index in [4.69, 9.17) is 14.7 Å². The van der Waals surface area contributed by atoms with Crippen molar-refractivity contribution in [1.29, 1.82) is 0 Å². The van der Waals surface area contributed by atoms with Crippen molar-refractivity contribution in [2.45, 2.75) is 83.3 Å². The van der Waals surface area contributed by atoms with Gasteiger partial charge in [0.2, 0.25) is 0 Å². The van der Waals surface area contributed by atoms with E-state index in [1.165, 1.54) is 22.9 Å². The van der Waals surface area contributed by atoms with Crippen LogP contribution in [0.4, 0.5) is 0 Å². The molecule has 2 saturated carbocycles. The van der Waals surface area contributed by atoms with Crippen molar-refractivity contribution in [3.05, 3.63) is 58.2 Å². The van der Waals surface area contributed by atoms with Crippen LogP contribution in [0.2, 0.25) is 0 Å². The number of allylic oxidation sites excluding steroid dienone is 4. The van der Waals surface area contributed by atoms with E-state index in [0.29, 0.717) is 24.9 Å². The van der Waals surface area contributed by atoms with Gasteiger partial charge in [0, 0.05) is 24.9 Å². The molecule has 0 aliphatic heterocycles. The zero-order valence-electron chi connectivity index (χ0n) is 21.5. The van der Waals surface area contributed by atoms with Gasteiger partial charge < -0.3 is 14.7 Å². The van der Waals surface area contributed by atoms with Crippen LogP contribution < -0.4 is 0 Å². The van der Waals surface area contributed by atoms with E-state index in [1.807, 2.05) is 25.3 Å². The third-order valence-electron chi connectivity index (χ3n) is 9.61. The molecule has 5 nitrogen and oxygen atoms in total. The number of hydrogen-bond donors (Lipinski definition) is 1. The Labute approximate surface area is 209 Å². The molecule has 5 heteroatoms. The summed E-state index contributed by atoms with van der Waals surface area (Å²) in [6.07, 6.45) is 10.4. The Morgan fingerprint density at radius 3 is 2.63 bits per heavy atom. The largest absolute Gasteiger partial charge is 0.411 e. The molecule has 0 bridgehead atoms. The SMILES string of the molecule is CO[C@@]1(COC(C)C)CCC2C3CCC4=CC(=O)CCC4=C3[C@@H](c3ccc(/C=N/O)cc3)CC21C. The van der Waals surface area contributed by atoms with Crippen LogP contribution in [0.25, 0.3) is 0 Å². The number of carbonyl (C=O) groups excluding carboxylic acids is 1. The van der Waals surface area contributed by atoms with E-state index in [-0.39, 0.29) is 28.8 Å². The molecule has 0 spiro atoms. The van der Waals surface area contributed by atoms with Crippen molar-refractivity contribution < 1.29 is 19.5 Å². The summed E-state index contributed by atoms with van der Waals surface area (Å²) in [5.41, 5.74) is 6.21. The molecule has 0 radical (unpaired) electrons. The van der Waals surface area contributed by atoms with Gasteiger partial charge in [-0.3, -0.25) is 4.79 Å². The lowest BCUT2D eigenvalue weighted by molar-refractivity contribution is -0.162. The fraction of sp³-hybridized carbons (Fsp3) is 0.600. The number of hydrogen-bond acceptors (Lipinski definition) is 5. The molecule has 0 aromatic heterocycles. The van der Waals surface area contributed by atoms with Crippen molar-refractivity contribution in [3.8, 4) is 0 Å². The number of ether oxygens (including phenoxy) is 2. The molecule has 1 N–H and O–H groups in total. The van der Waals surface area contributed by atoms with Crippen molar-refractivity contribution in [2.75, 3.05) is 13.7 Å². The Morgan fingerprint density at radius 2 is 1.94 bits per heavy atom. The van der Waals surface area contributed by atoms with E-state index >= 15 is 0 Å². The molecule has 4 aliphatic rings. The normalized spacial score (nSPS) is 34.7. The summed E-state index contributed by atoms with van der Waals surface area (Å²) in [7, 11) is 1.87. The number of nitrogens with zero attached hydrogens (tertiary/aromatic N) is 1. The number of rotatable bonds is 6. The smallest absolute Gasteiger partial charge is 0.156 e. The van der Waals surface area contributed by atoms with Crippen molar-refractivity contribution in [1.82, 2.24) is 0 Å². The number of ketones is 1. The summed E-state index contributed by atoms with van der Waals surface area (Å²) < 4.78 is 12.6. The molecule has 5 atom stereocenters. The first-order valence-electron chi connectivity index (χ1n) is 13.2. The molecule has 3 unspecified atom stereocenters. The van der Waals surface area contributed by atoms with Gasteiger partial charge in [-0.05, 0) is 92.6 Å². The van der Waals surface area contributed by atoms with Crippen LogP contribution in [0.3, 0.4) is 0 Å². The molecule has 1 aromatic carbocycles. The van der Waals surface area contributed by atoms with Crippen LogP contribution in [0.1, 0.15) is 82.8 Å². The number of methoxy groups -OCH3 is 1. The lowest BCUT2D eigenvalue weighted by Crippen LogP contribution is -2.55. The zero-order valence-corrected chi connectivity index (χ0v) is 21.5. The first kappa shape index (κ1) is 24.5. The highest BCUT2D eigenvalue weighted by Crippen LogP contribution is 2.67. The molecule has 4 aliphatic carbocycles. The van der Waals surface area contributed by atoms with Gasteiger partial charge in [0.15, 0.2) is 5.78 Å². The quantitative estimate of drug-likeness (QED) is 0.301. The lowest BCUT2D eigenvalue weighted by Gasteiger charge is -2.55. The highest BCUT2D eigenvalue weighted by Gasteiger charge is 2.63. The third kappa shape index (κ3) is 4.01. The number of carbonyl (C=O) groups is 1. The van der Waals surface area contributed by atoms with E-state index in [0.717, 1.165) is 44.1 Å². The maximum absolute atomic E-state index is 12.3. The summed E-state index contributed by atoms with van der Waals surface area (Å²) in [6, 6.07) is 8.45. The second-order valence-electron chi connectivity index (χ2n) is 11.5. The molecular formula is C30H39NO4. The first-order chi connectivity index (χ1) is 16.8. The van der Waals surface area contributed by atoms with Crippen LogP contribution in [0, 0.1) is 17.3 Å². The van der Waals surface area contributed by atoms with Crippen LogP contribution in [0.15, 0.2) is 52.2 Å². The number of benzene rings is 1. The Bertz CT molecular complexity index is 1070. The van der Waals surface area contributed by atoms with Gasteiger partial charge in [-0.15, -0.1) is 0 Å². The fourth-order valence-corrected chi connectivity index (χ4v) is 7.85. The summed E-state index contributed by atoms with van der Waals surface area (Å²) in [5.74, 6) is 1.61. The fourth-order valence-electron chi connectivity index (χ4n) is 7.85.